The summed E-state index contributed by atoms with van der Waals surface area (Å²) in [5.41, 5.74) is 2.15. The van der Waals surface area contributed by atoms with Gasteiger partial charge in [-0.15, -0.1) is 0 Å². The molecule has 0 aliphatic carbocycles. The van der Waals surface area contributed by atoms with Gasteiger partial charge in [-0.1, -0.05) is 12.1 Å². The average molecular weight is 435 g/mol. The molecule has 166 valence electrons. The van der Waals surface area contributed by atoms with Crippen molar-refractivity contribution >= 4 is 22.8 Å². The fourth-order valence-electron chi connectivity index (χ4n) is 3.77. The quantitative estimate of drug-likeness (QED) is 0.432. The lowest BCUT2D eigenvalue weighted by atomic mass is 10.1. The SMILES string of the molecule is Cc1cc(=O)oc2cc(OCc3ccc(C(=O)O[C@@H](C)C(=O)N4CCCC4)cc3)ccc12. The van der Waals surface area contributed by atoms with Crippen LogP contribution in [0.3, 0.4) is 0 Å². The Morgan fingerprint density at radius 1 is 1.06 bits per heavy atom. The number of esters is 1. The van der Waals surface area contributed by atoms with E-state index in [-0.39, 0.29) is 12.5 Å². The Morgan fingerprint density at radius 3 is 2.50 bits per heavy atom. The first kappa shape index (κ1) is 21.6. The maximum atomic E-state index is 12.4. The molecular weight excluding hydrogens is 410 g/mol. The number of amides is 1. The third-order valence-electron chi connectivity index (χ3n) is 5.57. The first-order chi connectivity index (χ1) is 15.4. The van der Waals surface area contributed by atoms with E-state index >= 15 is 0 Å². The van der Waals surface area contributed by atoms with Crippen molar-refractivity contribution in [3.05, 3.63) is 75.6 Å². The molecule has 32 heavy (non-hydrogen) atoms. The number of fused-ring (bicyclic) bond motifs is 1. The zero-order valence-corrected chi connectivity index (χ0v) is 18.1. The van der Waals surface area contributed by atoms with E-state index in [9.17, 15) is 14.4 Å². The van der Waals surface area contributed by atoms with Crippen LogP contribution in [0.1, 0.15) is 41.3 Å². The summed E-state index contributed by atoms with van der Waals surface area (Å²) >= 11 is 0. The van der Waals surface area contributed by atoms with Gasteiger partial charge in [0, 0.05) is 30.6 Å². The zero-order valence-electron chi connectivity index (χ0n) is 18.1. The minimum Gasteiger partial charge on any atom is -0.489 e. The van der Waals surface area contributed by atoms with Crippen LogP contribution < -0.4 is 10.4 Å². The molecule has 0 spiro atoms. The number of nitrogens with zero attached hydrogens (tertiary/aromatic N) is 1. The van der Waals surface area contributed by atoms with E-state index in [1.165, 1.54) is 6.07 Å². The molecule has 2 heterocycles. The summed E-state index contributed by atoms with van der Waals surface area (Å²) in [4.78, 5) is 38.0. The van der Waals surface area contributed by atoms with Gasteiger partial charge in [0.15, 0.2) is 6.10 Å². The molecule has 1 atom stereocenters. The highest BCUT2D eigenvalue weighted by Crippen LogP contribution is 2.23. The van der Waals surface area contributed by atoms with E-state index in [0.29, 0.717) is 16.9 Å². The number of hydrogen-bond acceptors (Lipinski definition) is 6. The smallest absolute Gasteiger partial charge is 0.338 e. The molecule has 1 aliphatic rings. The number of aryl methyl sites for hydroxylation is 1. The van der Waals surface area contributed by atoms with Gasteiger partial charge in [-0.25, -0.2) is 9.59 Å². The second-order valence-corrected chi connectivity index (χ2v) is 7.97. The predicted molar refractivity (Wildman–Crippen MR) is 119 cm³/mol. The minimum atomic E-state index is -0.805. The third kappa shape index (κ3) is 4.82. The number of hydrogen-bond donors (Lipinski definition) is 0. The summed E-state index contributed by atoms with van der Waals surface area (Å²) in [5.74, 6) is -0.108. The summed E-state index contributed by atoms with van der Waals surface area (Å²) in [5, 5.41) is 0.859. The van der Waals surface area contributed by atoms with Gasteiger partial charge in [-0.05, 0) is 62.1 Å². The van der Waals surface area contributed by atoms with Gasteiger partial charge >= 0.3 is 11.6 Å². The highest BCUT2D eigenvalue weighted by Gasteiger charge is 2.26. The Kier molecular flexibility index (Phi) is 6.25. The second kappa shape index (κ2) is 9.26. The van der Waals surface area contributed by atoms with Crippen molar-refractivity contribution in [1.29, 1.82) is 0 Å². The van der Waals surface area contributed by atoms with Gasteiger partial charge in [-0.2, -0.15) is 0 Å². The second-order valence-electron chi connectivity index (χ2n) is 7.97. The number of carbonyl (C=O) groups is 2. The van der Waals surface area contributed by atoms with Crippen molar-refractivity contribution in [1.82, 2.24) is 4.90 Å². The third-order valence-corrected chi connectivity index (χ3v) is 5.57. The zero-order chi connectivity index (χ0) is 22.7. The molecule has 0 N–H and O–H groups in total. The van der Waals surface area contributed by atoms with E-state index in [1.807, 2.05) is 19.1 Å². The molecule has 2 aromatic carbocycles. The van der Waals surface area contributed by atoms with Crippen molar-refractivity contribution in [2.75, 3.05) is 13.1 Å². The number of likely N-dealkylation sites (tertiary alicyclic amines) is 1. The number of ether oxygens (including phenoxy) is 2. The molecule has 1 aromatic heterocycles. The Balaban J connectivity index is 1.35. The van der Waals surface area contributed by atoms with E-state index < -0.39 is 17.7 Å². The summed E-state index contributed by atoms with van der Waals surface area (Å²) in [7, 11) is 0. The van der Waals surface area contributed by atoms with Crippen molar-refractivity contribution in [2.45, 2.75) is 39.4 Å². The minimum absolute atomic E-state index is 0.151. The highest BCUT2D eigenvalue weighted by molar-refractivity contribution is 5.92. The number of carbonyl (C=O) groups excluding carboxylic acids is 2. The normalized spacial score (nSPS) is 14.4. The van der Waals surface area contributed by atoms with Crippen LogP contribution in [-0.2, 0) is 16.1 Å². The van der Waals surface area contributed by atoms with Crippen molar-refractivity contribution in [3.63, 3.8) is 0 Å². The van der Waals surface area contributed by atoms with Crippen molar-refractivity contribution in [2.24, 2.45) is 0 Å². The highest BCUT2D eigenvalue weighted by atomic mass is 16.5. The first-order valence-electron chi connectivity index (χ1n) is 10.7. The van der Waals surface area contributed by atoms with Crippen molar-refractivity contribution in [3.8, 4) is 5.75 Å². The van der Waals surface area contributed by atoms with Crippen LogP contribution in [0.15, 0.2) is 57.7 Å². The molecule has 3 aromatic rings. The first-order valence-corrected chi connectivity index (χ1v) is 10.7. The Labute approximate surface area is 185 Å². The van der Waals surface area contributed by atoms with Crippen LogP contribution >= 0.6 is 0 Å². The molecule has 1 saturated heterocycles. The van der Waals surface area contributed by atoms with E-state index in [2.05, 4.69) is 0 Å². The van der Waals surface area contributed by atoms with Crippen LogP contribution in [-0.4, -0.2) is 36.0 Å². The number of rotatable bonds is 6. The lowest BCUT2D eigenvalue weighted by Gasteiger charge is -2.20. The van der Waals surface area contributed by atoms with Crippen LogP contribution in [0.2, 0.25) is 0 Å². The molecule has 0 bridgehead atoms. The van der Waals surface area contributed by atoms with E-state index in [4.69, 9.17) is 13.9 Å². The molecule has 0 radical (unpaired) electrons. The summed E-state index contributed by atoms with van der Waals surface area (Å²) in [6, 6.07) is 13.7. The lowest BCUT2D eigenvalue weighted by Crippen LogP contribution is -2.38. The molecule has 0 saturated carbocycles. The molecule has 1 aliphatic heterocycles. The summed E-state index contributed by atoms with van der Waals surface area (Å²) in [6.07, 6.45) is 1.17. The maximum Gasteiger partial charge on any atom is 0.338 e. The molecule has 7 nitrogen and oxygen atoms in total. The largest absolute Gasteiger partial charge is 0.489 e. The van der Waals surface area contributed by atoms with Gasteiger partial charge < -0.3 is 18.8 Å². The fourth-order valence-corrected chi connectivity index (χ4v) is 3.77. The van der Waals surface area contributed by atoms with Crippen LogP contribution in [0.25, 0.3) is 11.0 Å². The molecule has 1 fully saturated rings. The van der Waals surface area contributed by atoms with E-state index in [1.54, 1.807) is 42.2 Å². The Bertz CT molecular complexity index is 1190. The Hall–Kier alpha value is -3.61. The van der Waals surface area contributed by atoms with Gasteiger partial charge in [0.1, 0.15) is 17.9 Å². The summed E-state index contributed by atoms with van der Waals surface area (Å²) in [6.45, 7) is 5.18. The topological polar surface area (TPSA) is 86.0 Å². The molecule has 1 amide bonds. The maximum absolute atomic E-state index is 12.4. The van der Waals surface area contributed by atoms with Gasteiger partial charge in [0.05, 0.1) is 5.56 Å². The average Bonchev–Trinajstić information content (AvgIpc) is 3.32. The van der Waals surface area contributed by atoms with Gasteiger partial charge in [0.2, 0.25) is 0 Å². The van der Waals surface area contributed by atoms with Gasteiger partial charge in [-0.3, -0.25) is 4.79 Å². The molecular formula is C25H25NO6. The van der Waals surface area contributed by atoms with Crippen LogP contribution in [0, 0.1) is 6.92 Å². The summed E-state index contributed by atoms with van der Waals surface area (Å²) < 4.78 is 16.4. The standard InChI is InChI=1S/C25H25NO6/c1-16-13-23(27)32-22-14-20(9-10-21(16)22)30-15-18-5-7-19(8-6-18)25(29)31-17(2)24(28)26-11-3-4-12-26/h5-10,13-14,17H,3-4,11-12,15H2,1-2H3/t17-/m0/s1. The fraction of sp³-hybridized carbons (Fsp3) is 0.320. The molecule has 0 unspecified atom stereocenters. The van der Waals surface area contributed by atoms with Crippen LogP contribution in [0.4, 0.5) is 0 Å². The predicted octanol–water partition coefficient (Wildman–Crippen LogP) is 3.85. The van der Waals surface area contributed by atoms with Crippen LogP contribution in [0.5, 0.6) is 5.75 Å². The lowest BCUT2D eigenvalue weighted by molar-refractivity contribution is -0.138. The van der Waals surface area contributed by atoms with Gasteiger partial charge in [0.25, 0.3) is 5.91 Å². The van der Waals surface area contributed by atoms with Crippen molar-refractivity contribution < 1.29 is 23.5 Å². The molecule has 7 heteroatoms. The Morgan fingerprint density at radius 2 is 1.78 bits per heavy atom. The molecule has 4 rings (SSSR count). The number of benzene rings is 2. The van der Waals surface area contributed by atoms with E-state index in [0.717, 1.165) is 42.4 Å². The monoisotopic (exact) mass is 435 g/mol.